The minimum Gasteiger partial charge on any atom is -0.382 e. The molecule has 2 fully saturated rings. The zero-order valence-corrected chi connectivity index (χ0v) is 16.7. The van der Waals surface area contributed by atoms with Crippen molar-refractivity contribution in [2.45, 2.75) is 42.7 Å². The molecule has 0 radical (unpaired) electrons. The number of H-pyrrole nitrogens is 1. The molecule has 2 aliphatic rings. The van der Waals surface area contributed by atoms with Crippen LogP contribution in [0.4, 0.5) is 5.69 Å². The molecular weight excluding hydrogens is 360 g/mol. The fourth-order valence-corrected chi connectivity index (χ4v) is 4.83. The summed E-state index contributed by atoms with van der Waals surface area (Å²) in [7, 11) is 2.17. The van der Waals surface area contributed by atoms with Crippen molar-refractivity contribution in [3.63, 3.8) is 0 Å². The smallest absolute Gasteiger partial charge is 0.258 e. The van der Waals surface area contributed by atoms with Gasteiger partial charge in [-0.25, -0.2) is 4.98 Å². The van der Waals surface area contributed by atoms with Crippen LogP contribution in [0.3, 0.4) is 0 Å². The number of nitrogens with zero attached hydrogens (tertiary/aromatic N) is 2. The summed E-state index contributed by atoms with van der Waals surface area (Å²) in [5, 5.41) is 4.87. The van der Waals surface area contributed by atoms with Crippen LogP contribution in [0.2, 0.25) is 0 Å². The van der Waals surface area contributed by atoms with Crippen molar-refractivity contribution in [3.8, 4) is 0 Å². The Labute approximate surface area is 164 Å². The Morgan fingerprint density at radius 2 is 2.04 bits per heavy atom. The summed E-state index contributed by atoms with van der Waals surface area (Å²) < 4.78 is 5.41. The average Bonchev–Trinajstić information content (AvgIpc) is 2.69. The van der Waals surface area contributed by atoms with Crippen molar-refractivity contribution >= 4 is 28.4 Å². The second kappa shape index (κ2) is 8.63. The molecule has 4 rings (SSSR count). The molecule has 1 aromatic carbocycles. The molecule has 2 N–H and O–H groups in total. The molecule has 3 heterocycles. The van der Waals surface area contributed by atoms with Crippen LogP contribution in [0.15, 0.2) is 23.0 Å². The molecular formula is C20H28N4O2S. The number of nitrogens with one attached hydrogen (secondary N) is 2. The number of benzene rings is 1. The standard InChI is InChI=1S/C20H28N4O2S/c1-24-8-4-14(5-9-24)21-15-2-3-17-18(12-15)22-19(23-20(17)25)13-27-16-6-10-26-11-7-16/h2-3,12,14,16,21H,4-11,13H2,1H3,(H,22,23,25). The van der Waals surface area contributed by atoms with E-state index >= 15 is 0 Å². The van der Waals surface area contributed by atoms with Gasteiger partial charge in [-0.15, -0.1) is 0 Å². The van der Waals surface area contributed by atoms with E-state index in [1.807, 2.05) is 30.0 Å². The molecule has 0 aliphatic carbocycles. The predicted octanol–water partition coefficient (Wildman–Crippen LogP) is 2.84. The van der Waals surface area contributed by atoms with E-state index in [2.05, 4.69) is 22.2 Å². The highest BCUT2D eigenvalue weighted by Crippen LogP contribution is 2.25. The Morgan fingerprint density at radius 3 is 2.81 bits per heavy atom. The van der Waals surface area contributed by atoms with Crippen molar-refractivity contribution in [2.24, 2.45) is 0 Å². The average molecular weight is 389 g/mol. The van der Waals surface area contributed by atoms with Crippen LogP contribution in [0.25, 0.3) is 10.9 Å². The normalized spacial score (nSPS) is 20.2. The number of likely N-dealkylation sites (tertiary alicyclic amines) is 1. The molecule has 2 aliphatic heterocycles. The minimum absolute atomic E-state index is 0.0478. The van der Waals surface area contributed by atoms with Crippen molar-refractivity contribution in [1.82, 2.24) is 14.9 Å². The van der Waals surface area contributed by atoms with Crippen LogP contribution in [0, 0.1) is 0 Å². The van der Waals surface area contributed by atoms with Gasteiger partial charge in [0.2, 0.25) is 0 Å². The molecule has 2 aromatic rings. The first-order valence-corrected chi connectivity index (χ1v) is 10.9. The third-order valence-corrected chi connectivity index (χ3v) is 6.85. The van der Waals surface area contributed by atoms with Crippen molar-refractivity contribution in [1.29, 1.82) is 0 Å². The first kappa shape index (κ1) is 18.8. The van der Waals surface area contributed by atoms with E-state index in [4.69, 9.17) is 9.72 Å². The van der Waals surface area contributed by atoms with Gasteiger partial charge in [-0.05, 0) is 64.0 Å². The molecule has 146 valence electrons. The minimum atomic E-state index is -0.0478. The molecule has 7 heteroatoms. The number of hydrogen-bond acceptors (Lipinski definition) is 6. The van der Waals surface area contributed by atoms with E-state index in [9.17, 15) is 4.79 Å². The van der Waals surface area contributed by atoms with Crippen LogP contribution >= 0.6 is 11.8 Å². The van der Waals surface area contributed by atoms with Gasteiger partial charge in [0.05, 0.1) is 16.7 Å². The second-order valence-electron chi connectivity index (χ2n) is 7.59. The number of anilines is 1. The molecule has 0 bridgehead atoms. The monoisotopic (exact) mass is 388 g/mol. The number of piperidine rings is 1. The molecule has 0 saturated carbocycles. The van der Waals surface area contributed by atoms with Gasteiger partial charge in [-0.3, -0.25) is 4.79 Å². The summed E-state index contributed by atoms with van der Waals surface area (Å²) in [4.78, 5) is 22.5. The van der Waals surface area contributed by atoms with E-state index in [-0.39, 0.29) is 5.56 Å². The maximum absolute atomic E-state index is 12.4. The quantitative estimate of drug-likeness (QED) is 0.821. The molecule has 1 aromatic heterocycles. The van der Waals surface area contributed by atoms with Crippen LogP contribution in [0.5, 0.6) is 0 Å². The Morgan fingerprint density at radius 1 is 1.26 bits per heavy atom. The first-order chi connectivity index (χ1) is 13.2. The molecule has 0 unspecified atom stereocenters. The number of aromatic amines is 1. The second-order valence-corrected chi connectivity index (χ2v) is 8.88. The van der Waals surface area contributed by atoms with Gasteiger partial charge < -0.3 is 19.9 Å². The number of aromatic nitrogens is 2. The van der Waals surface area contributed by atoms with Crippen LogP contribution in [0.1, 0.15) is 31.5 Å². The van der Waals surface area contributed by atoms with Crippen molar-refractivity contribution in [3.05, 3.63) is 34.4 Å². The summed E-state index contributed by atoms with van der Waals surface area (Å²) >= 11 is 1.87. The van der Waals surface area contributed by atoms with Crippen LogP contribution in [-0.4, -0.2) is 59.5 Å². The first-order valence-electron chi connectivity index (χ1n) is 9.85. The predicted molar refractivity (Wildman–Crippen MR) is 112 cm³/mol. The van der Waals surface area contributed by atoms with Gasteiger partial charge in [-0.1, -0.05) is 0 Å². The molecule has 6 nitrogen and oxygen atoms in total. The van der Waals surface area contributed by atoms with Crippen molar-refractivity contribution in [2.75, 3.05) is 38.7 Å². The lowest BCUT2D eigenvalue weighted by Gasteiger charge is -2.30. The van der Waals surface area contributed by atoms with E-state index in [0.29, 0.717) is 16.7 Å². The Hall–Kier alpha value is -1.57. The lowest BCUT2D eigenvalue weighted by atomic mass is 10.1. The highest BCUT2D eigenvalue weighted by atomic mass is 32.2. The van der Waals surface area contributed by atoms with Gasteiger partial charge >= 0.3 is 0 Å². The zero-order chi connectivity index (χ0) is 18.6. The van der Waals surface area contributed by atoms with Gasteiger partial charge in [0.25, 0.3) is 5.56 Å². The summed E-state index contributed by atoms with van der Waals surface area (Å²) in [6, 6.07) is 6.39. The van der Waals surface area contributed by atoms with E-state index in [1.54, 1.807) is 0 Å². The van der Waals surface area contributed by atoms with Gasteiger partial charge in [0, 0.05) is 30.2 Å². The third kappa shape index (κ3) is 4.83. The van der Waals surface area contributed by atoms with Crippen molar-refractivity contribution < 1.29 is 4.74 Å². The lowest BCUT2D eigenvalue weighted by Crippen LogP contribution is -2.36. The topological polar surface area (TPSA) is 70.2 Å². The highest BCUT2D eigenvalue weighted by molar-refractivity contribution is 7.99. The zero-order valence-electron chi connectivity index (χ0n) is 15.9. The maximum Gasteiger partial charge on any atom is 0.258 e. The third-order valence-electron chi connectivity index (χ3n) is 5.47. The fourth-order valence-electron chi connectivity index (χ4n) is 3.77. The number of fused-ring (bicyclic) bond motifs is 1. The van der Waals surface area contributed by atoms with Gasteiger partial charge in [0.15, 0.2) is 0 Å². The molecule has 2 saturated heterocycles. The Balaban J connectivity index is 1.46. The number of hydrogen-bond donors (Lipinski definition) is 2. The Kier molecular flexibility index (Phi) is 6.00. The van der Waals surface area contributed by atoms with Crippen LogP contribution in [-0.2, 0) is 10.5 Å². The Bertz CT molecular complexity index is 826. The summed E-state index contributed by atoms with van der Waals surface area (Å²) in [5.41, 5.74) is 1.78. The van der Waals surface area contributed by atoms with E-state index in [1.165, 1.54) is 0 Å². The molecule has 0 amide bonds. The summed E-state index contributed by atoms with van der Waals surface area (Å²) in [5.74, 6) is 1.50. The SMILES string of the molecule is CN1CCC(Nc2ccc3c(=O)[nH]c(CSC4CCOCC4)nc3c2)CC1. The van der Waals surface area contributed by atoms with Gasteiger partial charge in [0.1, 0.15) is 5.82 Å². The highest BCUT2D eigenvalue weighted by Gasteiger charge is 2.17. The molecule has 0 atom stereocenters. The van der Waals surface area contributed by atoms with Gasteiger partial charge in [-0.2, -0.15) is 11.8 Å². The molecule has 27 heavy (non-hydrogen) atoms. The number of thioether (sulfide) groups is 1. The summed E-state index contributed by atoms with van der Waals surface area (Å²) in [6.07, 6.45) is 4.44. The largest absolute Gasteiger partial charge is 0.382 e. The van der Waals surface area contributed by atoms with Crippen LogP contribution < -0.4 is 10.9 Å². The lowest BCUT2D eigenvalue weighted by molar-refractivity contribution is 0.1000. The molecule has 0 spiro atoms. The van der Waals surface area contributed by atoms with E-state index < -0.39 is 0 Å². The fraction of sp³-hybridized carbons (Fsp3) is 0.600. The summed E-state index contributed by atoms with van der Waals surface area (Å²) in [6.45, 7) is 3.92. The number of ether oxygens (including phenoxy) is 1. The van der Waals surface area contributed by atoms with E-state index in [0.717, 1.165) is 74.8 Å². The number of rotatable bonds is 5. The maximum atomic E-state index is 12.4.